The third-order valence-electron chi connectivity index (χ3n) is 3.54. The van der Waals surface area contributed by atoms with E-state index in [-0.39, 0.29) is 6.54 Å². The van der Waals surface area contributed by atoms with Crippen LogP contribution in [0.15, 0.2) is 56.4 Å². The molecule has 4 aromatic rings. The first kappa shape index (κ1) is 17.8. The Bertz CT molecular complexity index is 1130. The zero-order valence-electron chi connectivity index (χ0n) is 13.6. The Morgan fingerprint density at radius 3 is 2.70 bits per heavy atom. The number of hydrogen-bond donors (Lipinski definition) is 1. The molecular formula is C16H11BrN6O2S2. The van der Waals surface area contributed by atoms with Crippen molar-refractivity contribution in [2.24, 2.45) is 0 Å². The van der Waals surface area contributed by atoms with Crippen LogP contribution in [0, 0.1) is 0 Å². The maximum absolute atomic E-state index is 12.3. The number of thiazole rings is 1. The fraction of sp³-hybridized carbons (Fsp3) is 0.0625. The number of anilines is 1. The van der Waals surface area contributed by atoms with E-state index in [2.05, 4.69) is 36.7 Å². The second kappa shape index (κ2) is 7.55. The lowest BCUT2D eigenvalue weighted by Gasteiger charge is -2.00. The number of carbonyl (C=O) groups excluding carboxylic acids is 1. The van der Waals surface area contributed by atoms with Gasteiger partial charge in [-0.1, -0.05) is 28.1 Å². The molecule has 4 rings (SSSR count). The molecule has 1 N–H and O–H groups in total. The van der Waals surface area contributed by atoms with Gasteiger partial charge in [0.05, 0.1) is 5.69 Å². The minimum Gasteiger partial charge on any atom is -0.300 e. The number of carbonyl (C=O) groups is 1. The molecule has 0 bridgehead atoms. The van der Waals surface area contributed by atoms with Crippen LogP contribution in [0.1, 0.15) is 0 Å². The largest absolute Gasteiger partial charge is 0.369 e. The van der Waals surface area contributed by atoms with Crippen LogP contribution in [0.25, 0.3) is 16.3 Å². The highest BCUT2D eigenvalue weighted by Crippen LogP contribution is 2.26. The maximum atomic E-state index is 12.3. The summed E-state index contributed by atoms with van der Waals surface area (Å²) in [4.78, 5) is 28.9. The van der Waals surface area contributed by atoms with E-state index in [0.717, 1.165) is 25.1 Å². The van der Waals surface area contributed by atoms with Gasteiger partial charge in [-0.05, 0) is 40.1 Å². The SMILES string of the molecule is O=C(Cn1nnn(-c2cccs2)c1=O)Nc1nc(-c2ccc(Br)cc2)cs1. The average Bonchev–Trinajstić information content (AvgIpc) is 3.39. The molecular weight excluding hydrogens is 452 g/mol. The van der Waals surface area contributed by atoms with Gasteiger partial charge >= 0.3 is 5.69 Å². The van der Waals surface area contributed by atoms with Gasteiger partial charge in [0.2, 0.25) is 5.91 Å². The van der Waals surface area contributed by atoms with Crippen molar-refractivity contribution in [2.75, 3.05) is 5.32 Å². The Kier molecular flexibility index (Phi) is 4.97. The summed E-state index contributed by atoms with van der Waals surface area (Å²) in [5, 5.41) is 15.0. The molecule has 27 heavy (non-hydrogen) atoms. The molecule has 0 atom stereocenters. The first-order valence-electron chi connectivity index (χ1n) is 7.68. The predicted molar refractivity (Wildman–Crippen MR) is 107 cm³/mol. The van der Waals surface area contributed by atoms with Crippen LogP contribution in [0.3, 0.4) is 0 Å². The Labute approximate surface area is 169 Å². The van der Waals surface area contributed by atoms with E-state index >= 15 is 0 Å². The van der Waals surface area contributed by atoms with Crippen molar-refractivity contribution in [1.82, 2.24) is 24.8 Å². The van der Waals surface area contributed by atoms with E-state index in [0.29, 0.717) is 10.1 Å². The molecule has 0 unspecified atom stereocenters. The van der Waals surface area contributed by atoms with Crippen molar-refractivity contribution in [3.63, 3.8) is 0 Å². The highest BCUT2D eigenvalue weighted by Gasteiger charge is 2.14. The number of aromatic nitrogens is 5. The van der Waals surface area contributed by atoms with Gasteiger partial charge in [-0.3, -0.25) is 4.79 Å². The van der Waals surface area contributed by atoms with Crippen molar-refractivity contribution in [2.45, 2.75) is 6.54 Å². The molecule has 3 heterocycles. The lowest BCUT2D eigenvalue weighted by molar-refractivity contribution is -0.117. The van der Waals surface area contributed by atoms with Crippen LogP contribution >= 0.6 is 38.6 Å². The zero-order chi connectivity index (χ0) is 18.8. The van der Waals surface area contributed by atoms with Gasteiger partial charge in [0.1, 0.15) is 11.5 Å². The highest BCUT2D eigenvalue weighted by molar-refractivity contribution is 9.10. The van der Waals surface area contributed by atoms with Crippen molar-refractivity contribution in [3.05, 3.63) is 62.1 Å². The fourth-order valence-corrected chi connectivity index (χ4v) is 3.95. The van der Waals surface area contributed by atoms with Gasteiger partial charge < -0.3 is 5.32 Å². The summed E-state index contributed by atoms with van der Waals surface area (Å²) in [6, 6.07) is 11.3. The van der Waals surface area contributed by atoms with Crippen LogP contribution in [0.2, 0.25) is 0 Å². The second-order valence-corrected chi connectivity index (χ2v) is 8.08. The third-order valence-corrected chi connectivity index (χ3v) is 5.67. The average molecular weight is 463 g/mol. The topological polar surface area (TPSA) is 94.7 Å². The van der Waals surface area contributed by atoms with Gasteiger partial charge in [-0.25, -0.2) is 9.78 Å². The lowest BCUT2D eigenvalue weighted by Crippen LogP contribution is -2.29. The van der Waals surface area contributed by atoms with E-state index in [9.17, 15) is 9.59 Å². The van der Waals surface area contributed by atoms with Crippen LogP contribution in [0.5, 0.6) is 0 Å². The van der Waals surface area contributed by atoms with E-state index in [4.69, 9.17) is 0 Å². The van der Waals surface area contributed by atoms with Gasteiger partial charge in [0.25, 0.3) is 0 Å². The third kappa shape index (κ3) is 3.89. The molecule has 0 fully saturated rings. The summed E-state index contributed by atoms with van der Waals surface area (Å²) < 4.78 is 3.15. The van der Waals surface area contributed by atoms with Gasteiger partial charge in [0.15, 0.2) is 5.13 Å². The van der Waals surface area contributed by atoms with Gasteiger partial charge in [0, 0.05) is 15.4 Å². The number of halogens is 1. The molecule has 1 amide bonds. The van der Waals surface area contributed by atoms with Gasteiger partial charge in [-0.2, -0.15) is 9.36 Å². The van der Waals surface area contributed by atoms with Crippen molar-refractivity contribution in [1.29, 1.82) is 0 Å². The van der Waals surface area contributed by atoms with Crippen LogP contribution in [-0.2, 0) is 11.3 Å². The number of thiophene rings is 1. The normalized spacial score (nSPS) is 10.9. The quantitative estimate of drug-likeness (QED) is 0.491. The molecule has 0 radical (unpaired) electrons. The highest BCUT2D eigenvalue weighted by atomic mass is 79.9. The van der Waals surface area contributed by atoms with Crippen molar-refractivity contribution >= 4 is 49.6 Å². The maximum Gasteiger partial charge on any atom is 0.369 e. The first-order chi connectivity index (χ1) is 13.1. The Morgan fingerprint density at radius 1 is 1.15 bits per heavy atom. The number of hydrogen-bond acceptors (Lipinski definition) is 7. The molecule has 3 aromatic heterocycles. The minimum absolute atomic E-state index is 0.239. The molecule has 0 aliphatic heterocycles. The van der Waals surface area contributed by atoms with Crippen molar-refractivity contribution in [3.8, 4) is 16.3 Å². The first-order valence-corrected chi connectivity index (χ1v) is 10.2. The van der Waals surface area contributed by atoms with Gasteiger partial charge in [-0.15, -0.1) is 22.7 Å². The summed E-state index contributed by atoms with van der Waals surface area (Å²) in [7, 11) is 0. The van der Waals surface area contributed by atoms with E-state index in [1.54, 1.807) is 6.07 Å². The standard InChI is InChI=1S/C16H11BrN6O2S2/c17-11-5-3-10(4-6-11)12-9-27-15(18-12)19-13(24)8-22-16(25)23(21-20-22)14-2-1-7-26-14/h1-7,9H,8H2,(H,18,19,24). The summed E-state index contributed by atoms with van der Waals surface area (Å²) in [6.07, 6.45) is 0. The second-order valence-electron chi connectivity index (χ2n) is 5.38. The molecule has 0 aliphatic rings. The fourth-order valence-electron chi connectivity index (χ4n) is 2.28. The molecule has 8 nitrogen and oxygen atoms in total. The summed E-state index contributed by atoms with van der Waals surface area (Å²) in [6.45, 7) is -0.239. The van der Waals surface area contributed by atoms with E-state index < -0.39 is 11.6 Å². The minimum atomic E-state index is -0.470. The smallest absolute Gasteiger partial charge is 0.300 e. The Hall–Kier alpha value is -2.63. The number of nitrogens with one attached hydrogen (secondary N) is 1. The molecule has 0 spiro atoms. The monoisotopic (exact) mass is 462 g/mol. The lowest BCUT2D eigenvalue weighted by atomic mass is 10.2. The number of nitrogens with zero attached hydrogens (tertiary/aromatic N) is 5. The Balaban J connectivity index is 1.45. The molecule has 0 saturated carbocycles. The van der Waals surface area contributed by atoms with E-state index in [1.165, 1.54) is 22.7 Å². The predicted octanol–water partition coefficient (Wildman–Crippen LogP) is 3.02. The molecule has 1 aromatic carbocycles. The molecule has 136 valence electrons. The van der Waals surface area contributed by atoms with Crippen LogP contribution < -0.4 is 11.0 Å². The number of tetrazole rings is 1. The number of amides is 1. The number of rotatable bonds is 5. The van der Waals surface area contributed by atoms with Crippen LogP contribution in [-0.4, -0.2) is 30.7 Å². The summed E-state index contributed by atoms with van der Waals surface area (Å²) in [5.41, 5.74) is 1.25. The van der Waals surface area contributed by atoms with E-state index in [1.807, 2.05) is 41.1 Å². The molecule has 0 saturated heterocycles. The Morgan fingerprint density at radius 2 is 1.96 bits per heavy atom. The number of benzene rings is 1. The zero-order valence-corrected chi connectivity index (χ0v) is 16.8. The van der Waals surface area contributed by atoms with Crippen LogP contribution in [0.4, 0.5) is 5.13 Å². The van der Waals surface area contributed by atoms with Crippen molar-refractivity contribution < 1.29 is 4.79 Å². The molecule has 0 aliphatic carbocycles. The molecule has 11 heteroatoms. The summed E-state index contributed by atoms with van der Waals surface area (Å²) >= 11 is 6.07. The summed E-state index contributed by atoms with van der Waals surface area (Å²) in [5.74, 6) is -0.396.